The molecule has 3 rings (SSSR count). The van der Waals surface area contributed by atoms with Crippen molar-refractivity contribution in [2.24, 2.45) is 0 Å². The van der Waals surface area contributed by atoms with Crippen LogP contribution in [0.25, 0.3) is 11.0 Å². The summed E-state index contributed by atoms with van der Waals surface area (Å²) in [5.74, 6) is 0. The van der Waals surface area contributed by atoms with Crippen LogP contribution < -0.4 is 0 Å². The minimum Gasteiger partial charge on any atom is -0.359 e. The molecule has 0 radical (unpaired) electrons. The predicted molar refractivity (Wildman–Crippen MR) is 73.0 cm³/mol. The first-order valence-corrected chi connectivity index (χ1v) is 7.38. The molecule has 0 atom stereocenters. The number of sulfone groups is 1. The van der Waals surface area contributed by atoms with E-state index in [0.29, 0.717) is 16.1 Å². The molecule has 3 aromatic rings. The summed E-state index contributed by atoms with van der Waals surface area (Å²) < 4.78 is 25.0. The SMILES string of the molecule is O=S(=O)(c1ccccc1)c1c[nH]c2cc(Cl)cnc12. The summed E-state index contributed by atoms with van der Waals surface area (Å²) in [6.07, 6.45) is 2.87. The number of aromatic amines is 1. The van der Waals surface area contributed by atoms with Crippen molar-refractivity contribution in [3.8, 4) is 0 Å². The molecule has 1 aromatic carbocycles. The number of fused-ring (bicyclic) bond motifs is 1. The van der Waals surface area contributed by atoms with Crippen molar-refractivity contribution >= 4 is 32.5 Å². The first-order chi connectivity index (χ1) is 9.09. The number of halogens is 1. The Hall–Kier alpha value is -1.85. The minimum atomic E-state index is -3.57. The highest BCUT2D eigenvalue weighted by Gasteiger charge is 2.22. The van der Waals surface area contributed by atoms with E-state index in [-0.39, 0.29) is 9.79 Å². The molecule has 0 aliphatic rings. The Morgan fingerprint density at radius 1 is 1.16 bits per heavy atom. The van der Waals surface area contributed by atoms with Crippen molar-refractivity contribution in [3.63, 3.8) is 0 Å². The molecule has 1 N–H and O–H groups in total. The third kappa shape index (κ3) is 2.01. The molecule has 0 saturated carbocycles. The van der Waals surface area contributed by atoms with E-state index in [9.17, 15) is 8.42 Å². The fraction of sp³-hybridized carbons (Fsp3) is 0. The number of nitrogens with one attached hydrogen (secondary N) is 1. The maximum absolute atomic E-state index is 12.5. The van der Waals surface area contributed by atoms with Crippen LogP contribution in [0.4, 0.5) is 0 Å². The maximum Gasteiger partial charge on any atom is 0.210 e. The topological polar surface area (TPSA) is 62.8 Å². The zero-order valence-corrected chi connectivity index (χ0v) is 11.2. The van der Waals surface area contributed by atoms with Crippen LogP contribution in [0.5, 0.6) is 0 Å². The second kappa shape index (κ2) is 4.36. The summed E-state index contributed by atoms with van der Waals surface area (Å²) in [5, 5.41) is 0.456. The van der Waals surface area contributed by atoms with Gasteiger partial charge in [-0.3, -0.25) is 4.98 Å². The van der Waals surface area contributed by atoms with Crippen molar-refractivity contribution in [1.29, 1.82) is 0 Å². The number of rotatable bonds is 2. The van der Waals surface area contributed by atoms with Gasteiger partial charge in [0, 0.05) is 12.4 Å². The highest BCUT2D eigenvalue weighted by atomic mass is 35.5. The molecule has 0 bridgehead atoms. The summed E-state index contributed by atoms with van der Waals surface area (Å²) in [6, 6.07) is 9.91. The number of hydrogen-bond donors (Lipinski definition) is 1. The van der Waals surface area contributed by atoms with Crippen molar-refractivity contribution in [1.82, 2.24) is 9.97 Å². The van der Waals surface area contributed by atoms with E-state index < -0.39 is 9.84 Å². The normalized spacial score (nSPS) is 11.8. The summed E-state index contributed by atoms with van der Waals surface area (Å²) >= 11 is 5.83. The quantitative estimate of drug-likeness (QED) is 0.789. The molecular formula is C13H9ClN2O2S. The van der Waals surface area contributed by atoms with Gasteiger partial charge in [0.15, 0.2) is 0 Å². The van der Waals surface area contributed by atoms with E-state index in [4.69, 9.17) is 11.6 Å². The van der Waals surface area contributed by atoms with Gasteiger partial charge in [0.25, 0.3) is 0 Å². The van der Waals surface area contributed by atoms with Crippen LogP contribution in [-0.2, 0) is 9.84 Å². The lowest BCUT2D eigenvalue weighted by atomic mass is 10.4. The molecule has 2 heterocycles. The van der Waals surface area contributed by atoms with Gasteiger partial charge in [0.1, 0.15) is 10.4 Å². The number of hydrogen-bond acceptors (Lipinski definition) is 3. The van der Waals surface area contributed by atoms with Gasteiger partial charge in [0.2, 0.25) is 9.84 Å². The van der Waals surface area contributed by atoms with Crippen LogP contribution in [0.1, 0.15) is 0 Å². The first kappa shape index (κ1) is 12.2. The van der Waals surface area contributed by atoms with E-state index >= 15 is 0 Å². The zero-order valence-electron chi connectivity index (χ0n) is 9.67. The van der Waals surface area contributed by atoms with Crippen molar-refractivity contribution in [2.75, 3.05) is 0 Å². The monoisotopic (exact) mass is 292 g/mol. The molecule has 96 valence electrons. The number of H-pyrrole nitrogens is 1. The largest absolute Gasteiger partial charge is 0.359 e. The minimum absolute atomic E-state index is 0.158. The average molecular weight is 293 g/mol. The van der Waals surface area contributed by atoms with Gasteiger partial charge in [-0.1, -0.05) is 29.8 Å². The average Bonchev–Trinajstić information content (AvgIpc) is 2.83. The van der Waals surface area contributed by atoms with Crippen LogP contribution in [0.15, 0.2) is 58.6 Å². The summed E-state index contributed by atoms with van der Waals surface area (Å²) in [6.45, 7) is 0. The summed E-state index contributed by atoms with van der Waals surface area (Å²) in [7, 11) is -3.57. The van der Waals surface area contributed by atoms with Crippen molar-refractivity contribution in [3.05, 3.63) is 53.8 Å². The third-order valence-corrected chi connectivity index (χ3v) is 4.78. The Labute approximate surface area is 115 Å². The molecule has 2 aromatic heterocycles. The van der Waals surface area contributed by atoms with Gasteiger partial charge < -0.3 is 4.98 Å². The van der Waals surface area contributed by atoms with Crippen LogP contribution in [-0.4, -0.2) is 18.4 Å². The number of nitrogens with zero attached hydrogens (tertiary/aromatic N) is 1. The molecule has 0 aliphatic heterocycles. The van der Waals surface area contributed by atoms with E-state index in [1.165, 1.54) is 12.4 Å². The Morgan fingerprint density at radius 3 is 2.63 bits per heavy atom. The van der Waals surface area contributed by atoms with Gasteiger partial charge in [-0.15, -0.1) is 0 Å². The summed E-state index contributed by atoms with van der Waals surface area (Å²) in [4.78, 5) is 7.37. The molecule has 4 nitrogen and oxygen atoms in total. The van der Waals surface area contributed by atoms with E-state index in [2.05, 4.69) is 9.97 Å². The smallest absolute Gasteiger partial charge is 0.210 e. The molecule has 6 heteroatoms. The molecule has 0 spiro atoms. The van der Waals surface area contributed by atoms with Crippen molar-refractivity contribution in [2.45, 2.75) is 9.79 Å². The molecule has 0 unspecified atom stereocenters. The fourth-order valence-electron chi connectivity index (χ4n) is 1.89. The van der Waals surface area contributed by atoms with Gasteiger partial charge in [-0.25, -0.2) is 8.42 Å². The highest BCUT2D eigenvalue weighted by molar-refractivity contribution is 7.91. The van der Waals surface area contributed by atoms with Crippen LogP contribution in [0, 0.1) is 0 Å². The first-order valence-electron chi connectivity index (χ1n) is 5.52. The maximum atomic E-state index is 12.5. The Balaban J connectivity index is 2.25. The Bertz CT molecular complexity index is 841. The Kier molecular flexibility index (Phi) is 2.80. The fourth-order valence-corrected chi connectivity index (χ4v) is 3.45. The van der Waals surface area contributed by atoms with Crippen molar-refractivity contribution < 1.29 is 8.42 Å². The second-order valence-corrected chi connectivity index (χ2v) is 6.37. The number of benzene rings is 1. The lowest BCUT2D eigenvalue weighted by molar-refractivity contribution is 0.597. The zero-order chi connectivity index (χ0) is 13.5. The molecule has 0 fully saturated rings. The molecule has 0 saturated heterocycles. The lowest BCUT2D eigenvalue weighted by Crippen LogP contribution is -2.01. The van der Waals surface area contributed by atoms with Crippen LogP contribution in [0.2, 0.25) is 5.02 Å². The lowest BCUT2D eigenvalue weighted by Gasteiger charge is -2.02. The molecule has 19 heavy (non-hydrogen) atoms. The molecule has 0 amide bonds. The van der Waals surface area contributed by atoms with Crippen LogP contribution in [0.3, 0.4) is 0 Å². The standard InChI is InChI=1S/C13H9ClN2O2S/c14-9-6-11-13(16-7-9)12(8-15-11)19(17,18)10-4-2-1-3-5-10/h1-8,15H. The van der Waals surface area contributed by atoms with E-state index in [1.807, 2.05) is 0 Å². The van der Waals surface area contributed by atoms with Gasteiger partial charge >= 0.3 is 0 Å². The van der Waals surface area contributed by atoms with Gasteiger partial charge in [-0.2, -0.15) is 0 Å². The highest BCUT2D eigenvalue weighted by Crippen LogP contribution is 2.27. The Morgan fingerprint density at radius 2 is 1.89 bits per heavy atom. The number of pyridine rings is 1. The van der Waals surface area contributed by atoms with Crippen LogP contribution >= 0.6 is 11.6 Å². The number of aromatic nitrogens is 2. The third-order valence-electron chi connectivity index (χ3n) is 2.79. The molecular weight excluding hydrogens is 284 g/mol. The van der Waals surface area contributed by atoms with Gasteiger partial charge in [-0.05, 0) is 18.2 Å². The van der Waals surface area contributed by atoms with E-state index in [0.717, 1.165) is 0 Å². The predicted octanol–water partition coefficient (Wildman–Crippen LogP) is 3.05. The van der Waals surface area contributed by atoms with E-state index in [1.54, 1.807) is 36.4 Å². The second-order valence-electron chi connectivity index (χ2n) is 4.02. The summed E-state index contributed by atoms with van der Waals surface area (Å²) in [5.41, 5.74) is 0.996. The van der Waals surface area contributed by atoms with Gasteiger partial charge in [0.05, 0.1) is 15.4 Å². The molecule has 0 aliphatic carbocycles.